The van der Waals surface area contributed by atoms with Crippen molar-refractivity contribution in [2.75, 3.05) is 11.9 Å². The number of carbonyl (C=O) groups is 1. The van der Waals surface area contributed by atoms with E-state index in [0.717, 1.165) is 11.3 Å². The van der Waals surface area contributed by atoms with Gasteiger partial charge in [-0.2, -0.15) is 0 Å². The molecular weight excluding hydrogens is 284 g/mol. The molecule has 0 aromatic heterocycles. The zero-order valence-electron chi connectivity index (χ0n) is 13.6. The Labute approximate surface area is 137 Å². The molecule has 23 heavy (non-hydrogen) atoms. The fourth-order valence-corrected chi connectivity index (χ4v) is 2.95. The molecule has 0 aliphatic carbocycles. The second-order valence-electron chi connectivity index (χ2n) is 6.16. The molecule has 3 rings (SSSR count). The van der Waals surface area contributed by atoms with Gasteiger partial charge in [0.1, 0.15) is 6.17 Å². The number of anilines is 1. The van der Waals surface area contributed by atoms with E-state index in [9.17, 15) is 4.79 Å². The van der Waals surface area contributed by atoms with Crippen molar-refractivity contribution in [1.29, 1.82) is 0 Å². The summed E-state index contributed by atoms with van der Waals surface area (Å²) in [6.07, 6.45) is 1.60. The summed E-state index contributed by atoms with van der Waals surface area (Å²) >= 11 is 0. The Morgan fingerprint density at radius 2 is 1.87 bits per heavy atom. The van der Waals surface area contributed by atoms with E-state index < -0.39 is 0 Å². The van der Waals surface area contributed by atoms with Crippen molar-refractivity contribution < 1.29 is 4.79 Å². The van der Waals surface area contributed by atoms with Crippen LogP contribution >= 0.6 is 0 Å². The molecule has 0 bridgehead atoms. The summed E-state index contributed by atoms with van der Waals surface area (Å²) < 4.78 is 0. The van der Waals surface area contributed by atoms with E-state index in [1.165, 1.54) is 5.56 Å². The maximum absolute atomic E-state index is 12.8. The summed E-state index contributed by atoms with van der Waals surface area (Å²) in [5.74, 6) is 0.534. The molecule has 0 fully saturated rings. The monoisotopic (exact) mass is 306 g/mol. The molecule has 1 aliphatic rings. The number of carbonyl (C=O) groups excluding carboxylic acids is 1. The number of nitrogens with one attached hydrogen (secondary N) is 1. The SMILES string of the molecule is C=CCN1C(=O)c2ccccc2NC1c1ccc(C(C)C)cc1. The van der Waals surface area contributed by atoms with Crippen LogP contribution in [-0.4, -0.2) is 17.4 Å². The molecule has 118 valence electrons. The Morgan fingerprint density at radius 3 is 2.52 bits per heavy atom. The minimum atomic E-state index is -0.170. The van der Waals surface area contributed by atoms with Crippen LogP contribution in [0.3, 0.4) is 0 Å². The summed E-state index contributed by atoms with van der Waals surface area (Å²) in [6, 6.07) is 16.1. The average molecular weight is 306 g/mol. The van der Waals surface area contributed by atoms with Crippen LogP contribution in [0.1, 0.15) is 47.4 Å². The quantitative estimate of drug-likeness (QED) is 0.840. The van der Waals surface area contributed by atoms with Gasteiger partial charge in [0, 0.05) is 12.2 Å². The highest BCUT2D eigenvalue weighted by Gasteiger charge is 2.31. The summed E-state index contributed by atoms with van der Waals surface area (Å²) in [7, 11) is 0. The van der Waals surface area contributed by atoms with Crippen molar-refractivity contribution in [1.82, 2.24) is 4.90 Å². The lowest BCUT2D eigenvalue weighted by molar-refractivity contribution is 0.0707. The molecule has 2 aromatic carbocycles. The van der Waals surface area contributed by atoms with Crippen LogP contribution in [0.2, 0.25) is 0 Å². The third-order valence-corrected chi connectivity index (χ3v) is 4.27. The van der Waals surface area contributed by atoms with E-state index in [2.05, 4.69) is 50.0 Å². The standard InChI is InChI=1S/C20H22N2O/c1-4-13-22-19(16-11-9-15(10-12-16)14(2)3)21-18-8-6-5-7-17(18)20(22)23/h4-12,14,19,21H,1,13H2,2-3H3. The minimum absolute atomic E-state index is 0.0391. The number of nitrogens with zero attached hydrogens (tertiary/aromatic N) is 1. The molecule has 1 N–H and O–H groups in total. The molecule has 1 heterocycles. The second-order valence-corrected chi connectivity index (χ2v) is 6.16. The molecule has 1 atom stereocenters. The number of hydrogen-bond acceptors (Lipinski definition) is 2. The highest BCUT2D eigenvalue weighted by Crippen LogP contribution is 2.33. The topological polar surface area (TPSA) is 32.3 Å². The van der Waals surface area contributed by atoms with Crippen LogP contribution in [0.5, 0.6) is 0 Å². The fraction of sp³-hybridized carbons (Fsp3) is 0.250. The van der Waals surface area contributed by atoms with Crippen LogP contribution < -0.4 is 5.32 Å². The molecule has 3 nitrogen and oxygen atoms in total. The number of rotatable bonds is 4. The molecule has 2 aromatic rings. The number of amides is 1. The third kappa shape index (κ3) is 2.87. The van der Waals surface area contributed by atoms with Gasteiger partial charge >= 0.3 is 0 Å². The van der Waals surface area contributed by atoms with Gasteiger partial charge in [0.15, 0.2) is 0 Å². The van der Waals surface area contributed by atoms with Crippen molar-refractivity contribution in [3.8, 4) is 0 Å². The van der Waals surface area contributed by atoms with Gasteiger partial charge in [0.2, 0.25) is 0 Å². The van der Waals surface area contributed by atoms with E-state index in [-0.39, 0.29) is 12.1 Å². The Kier molecular flexibility index (Phi) is 4.20. The Hall–Kier alpha value is -2.55. The van der Waals surface area contributed by atoms with Gasteiger partial charge in [-0.3, -0.25) is 4.79 Å². The second kappa shape index (κ2) is 6.29. The number of para-hydroxylation sites is 1. The van der Waals surface area contributed by atoms with Crippen molar-refractivity contribution in [2.45, 2.75) is 25.9 Å². The van der Waals surface area contributed by atoms with E-state index in [0.29, 0.717) is 18.0 Å². The molecule has 0 saturated heterocycles. The highest BCUT2D eigenvalue weighted by atomic mass is 16.2. The van der Waals surface area contributed by atoms with Crippen molar-refractivity contribution in [3.63, 3.8) is 0 Å². The van der Waals surface area contributed by atoms with Gasteiger partial charge in [-0.15, -0.1) is 6.58 Å². The molecule has 1 aliphatic heterocycles. The smallest absolute Gasteiger partial charge is 0.258 e. The van der Waals surface area contributed by atoms with Gasteiger partial charge in [-0.25, -0.2) is 0 Å². The highest BCUT2D eigenvalue weighted by molar-refractivity contribution is 6.01. The summed E-state index contributed by atoms with van der Waals surface area (Å²) in [4.78, 5) is 14.6. The van der Waals surface area contributed by atoms with Crippen LogP contribution in [0.25, 0.3) is 0 Å². The van der Waals surface area contributed by atoms with Crippen molar-refractivity contribution >= 4 is 11.6 Å². The van der Waals surface area contributed by atoms with Crippen LogP contribution in [0, 0.1) is 0 Å². The summed E-state index contributed by atoms with van der Waals surface area (Å²) in [6.45, 7) is 8.66. The first kappa shape index (κ1) is 15.3. The number of fused-ring (bicyclic) bond motifs is 1. The summed E-state index contributed by atoms with van der Waals surface area (Å²) in [5, 5.41) is 3.48. The van der Waals surface area contributed by atoms with Crippen LogP contribution in [-0.2, 0) is 0 Å². The predicted molar refractivity (Wildman–Crippen MR) is 94.6 cm³/mol. The number of hydrogen-bond donors (Lipinski definition) is 1. The van der Waals surface area contributed by atoms with Gasteiger partial charge in [-0.05, 0) is 29.2 Å². The van der Waals surface area contributed by atoms with E-state index in [4.69, 9.17) is 0 Å². The normalized spacial score (nSPS) is 16.9. The largest absolute Gasteiger partial charge is 0.361 e. The number of benzene rings is 2. The average Bonchev–Trinajstić information content (AvgIpc) is 2.57. The molecule has 1 amide bonds. The van der Waals surface area contributed by atoms with Gasteiger partial charge in [-0.1, -0.05) is 56.3 Å². The molecule has 1 unspecified atom stereocenters. The Bertz CT molecular complexity index is 719. The lowest BCUT2D eigenvalue weighted by atomic mass is 9.99. The maximum Gasteiger partial charge on any atom is 0.258 e. The van der Waals surface area contributed by atoms with E-state index >= 15 is 0 Å². The third-order valence-electron chi connectivity index (χ3n) is 4.27. The predicted octanol–water partition coefficient (Wildman–Crippen LogP) is 4.56. The van der Waals surface area contributed by atoms with Gasteiger partial charge in [0.25, 0.3) is 5.91 Å². The van der Waals surface area contributed by atoms with E-state index in [1.54, 1.807) is 6.08 Å². The van der Waals surface area contributed by atoms with Crippen molar-refractivity contribution in [2.24, 2.45) is 0 Å². The zero-order chi connectivity index (χ0) is 16.4. The zero-order valence-corrected chi connectivity index (χ0v) is 13.6. The lowest BCUT2D eigenvalue weighted by Gasteiger charge is -2.37. The minimum Gasteiger partial charge on any atom is -0.361 e. The molecule has 3 heteroatoms. The first-order valence-electron chi connectivity index (χ1n) is 7.99. The van der Waals surface area contributed by atoms with Crippen molar-refractivity contribution in [3.05, 3.63) is 77.9 Å². The van der Waals surface area contributed by atoms with Gasteiger partial charge < -0.3 is 10.2 Å². The molecular formula is C20H22N2O. The van der Waals surface area contributed by atoms with Crippen LogP contribution in [0.4, 0.5) is 5.69 Å². The molecule has 0 saturated carbocycles. The maximum atomic E-state index is 12.8. The summed E-state index contributed by atoms with van der Waals surface area (Å²) in [5.41, 5.74) is 3.98. The Balaban J connectivity index is 1.99. The van der Waals surface area contributed by atoms with Gasteiger partial charge in [0.05, 0.1) is 5.56 Å². The lowest BCUT2D eigenvalue weighted by Crippen LogP contribution is -2.42. The Morgan fingerprint density at radius 1 is 1.17 bits per heavy atom. The first-order valence-corrected chi connectivity index (χ1v) is 7.99. The van der Waals surface area contributed by atoms with Crippen LogP contribution in [0.15, 0.2) is 61.2 Å². The first-order chi connectivity index (χ1) is 11.1. The molecule has 0 spiro atoms. The van der Waals surface area contributed by atoms with E-state index in [1.807, 2.05) is 29.2 Å². The fourth-order valence-electron chi connectivity index (χ4n) is 2.95. The molecule has 0 radical (unpaired) electrons.